The Morgan fingerprint density at radius 2 is 2.07 bits per heavy atom. The van der Waals surface area contributed by atoms with E-state index in [1.165, 1.54) is 0 Å². The Bertz CT molecular complexity index is 326. The molecule has 0 radical (unpaired) electrons. The average molecular weight is 235 g/mol. The molecular weight excluding hydrogens is 223 g/mol. The number of aromatic nitrogens is 1. The molecule has 1 heterocycles. The lowest BCUT2D eigenvalue weighted by molar-refractivity contribution is 0.0999. The lowest BCUT2D eigenvalue weighted by Crippen LogP contribution is -2.14. The van der Waals surface area contributed by atoms with Crippen LogP contribution in [0.3, 0.4) is 0 Å². The maximum Gasteiger partial charge on any atom is 0.250 e. The van der Waals surface area contributed by atoms with Crippen LogP contribution in [0.5, 0.6) is 0 Å². The Morgan fingerprint density at radius 3 is 2.57 bits per heavy atom. The molecule has 2 N–H and O–H groups in total. The van der Waals surface area contributed by atoms with E-state index in [4.69, 9.17) is 5.73 Å². The molecule has 0 spiro atoms. The summed E-state index contributed by atoms with van der Waals surface area (Å²) in [4.78, 5) is 15.1. The van der Waals surface area contributed by atoms with Gasteiger partial charge in [0.2, 0.25) is 0 Å². The quantitative estimate of drug-likeness (QED) is 0.851. The van der Waals surface area contributed by atoms with Gasteiger partial charge >= 0.3 is 0 Å². The van der Waals surface area contributed by atoms with Gasteiger partial charge in [-0.3, -0.25) is 9.78 Å². The van der Waals surface area contributed by atoms with Crippen LogP contribution < -0.4 is 5.73 Å². The van der Waals surface area contributed by atoms with Crippen LogP contribution in [0.4, 0.5) is 0 Å². The lowest BCUT2D eigenvalue weighted by atomic mass is 10.1. The van der Waals surface area contributed by atoms with E-state index >= 15 is 0 Å². The molecule has 0 atom stereocenters. The fraction of sp³-hybridized carbons (Fsp3) is 0.333. The molecule has 1 aromatic rings. The molecule has 1 aromatic heterocycles. The van der Waals surface area contributed by atoms with Gasteiger partial charge in [0.15, 0.2) is 0 Å². The first kappa shape index (κ1) is 13.2. The third-order valence-electron chi connectivity index (χ3n) is 2.07. The third-order valence-corrected chi connectivity index (χ3v) is 2.07. The molecule has 5 heteroatoms. The van der Waals surface area contributed by atoms with Gasteiger partial charge < -0.3 is 5.73 Å². The monoisotopic (exact) mass is 234 g/mol. The van der Waals surface area contributed by atoms with Gasteiger partial charge in [-0.1, -0.05) is 0 Å². The van der Waals surface area contributed by atoms with Crippen molar-refractivity contribution in [1.29, 1.82) is 0 Å². The van der Waals surface area contributed by atoms with Crippen LogP contribution >= 0.6 is 24.8 Å². The van der Waals surface area contributed by atoms with Crippen LogP contribution in [-0.2, 0) is 0 Å². The minimum absolute atomic E-state index is 0. The van der Waals surface area contributed by atoms with E-state index in [-0.39, 0.29) is 30.7 Å². The summed E-state index contributed by atoms with van der Waals surface area (Å²) in [7, 11) is 0. The van der Waals surface area contributed by atoms with Crippen molar-refractivity contribution < 1.29 is 4.79 Å². The molecule has 1 aliphatic carbocycles. The van der Waals surface area contributed by atoms with E-state index in [0.29, 0.717) is 11.5 Å². The molecule has 1 saturated carbocycles. The zero-order valence-electron chi connectivity index (χ0n) is 7.47. The number of rotatable bonds is 2. The maximum atomic E-state index is 10.9. The van der Waals surface area contributed by atoms with Crippen molar-refractivity contribution in [2.75, 3.05) is 0 Å². The number of halogens is 2. The summed E-state index contributed by atoms with van der Waals surface area (Å²) in [5, 5.41) is 0. The van der Waals surface area contributed by atoms with Crippen molar-refractivity contribution in [2.24, 2.45) is 5.73 Å². The predicted octanol–water partition coefficient (Wildman–Crippen LogP) is 1.90. The highest BCUT2D eigenvalue weighted by Gasteiger charge is 2.28. The van der Waals surface area contributed by atoms with Gasteiger partial charge in [-0.15, -0.1) is 24.8 Å². The molecule has 0 aromatic carbocycles. The Balaban J connectivity index is 0.000000845. The summed E-state index contributed by atoms with van der Waals surface area (Å²) in [6.07, 6.45) is 3.98. The van der Waals surface area contributed by atoms with Gasteiger partial charge in [-0.05, 0) is 25.0 Å². The second-order valence-corrected chi connectivity index (χ2v) is 3.07. The highest BCUT2D eigenvalue weighted by molar-refractivity contribution is 5.94. The number of carbonyl (C=O) groups excluding carboxylic acids is 1. The van der Waals surface area contributed by atoms with Crippen molar-refractivity contribution in [3.8, 4) is 0 Å². The molecule has 1 aliphatic rings. The van der Waals surface area contributed by atoms with Gasteiger partial charge in [0.25, 0.3) is 5.91 Å². The highest BCUT2D eigenvalue weighted by atomic mass is 35.5. The summed E-state index contributed by atoms with van der Waals surface area (Å²) in [5.74, 6) is 0.110. The van der Waals surface area contributed by atoms with Crippen LogP contribution in [0, 0.1) is 0 Å². The van der Waals surface area contributed by atoms with Crippen molar-refractivity contribution in [3.63, 3.8) is 0 Å². The SMILES string of the molecule is Cl.Cl.NC(=O)c1cccnc1C1CC1. The molecule has 0 saturated heterocycles. The van der Waals surface area contributed by atoms with Crippen molar-refractivity contribution >= 4 is 30.7 Å². The Kier molecular flexibility index (Phi) is 4.88. The normalized spacial score (nSPS) is 13.7. The van der Waals surface area contributed by atoms with Crippen molar-refractivity contribution in [2.45, 2.75) is 18.8 Å². The first-order valence-electron chi connectivity index (χ1n) is 4.04. The topological polar surface area (TPSA) is 56.0 Å². The van der Waals surface area contributed by atoms with Crippen LogP contribution in [0.15, 0.2) is 18.3 Å². The molecule has 2 rings (SSSR count). The first-order valence-corrected chi connectivity index (χ1v) is 4.04. The minimum Gasteiger partial charge on any atom is -0.366 e. The molecular formula is C9H12Cl2N2O. The molecule has 1 amide bonds. The lowest BCUT2D eigenvalue weighted by Gasteiger charge is -2.01. The predicted molar refractivity (Wildman–Crippen MR) is 59.2 cm³/mol. The zero-order chi connectivity index (χ0) is 8.55. The summed E-state index contributed by atoms with van der Waals surface area (Å²) < 4.78 is 0. The van der Waals surface area contributed by atoms with Gasteiger partial charge in [0.05, 0.1) is 11.3 Å². The molecule has 0 unspecified atom stereocenters. The number of carbonyl (C=O) groups is 1. The van der Waals surface area contributed by atoms with Gasteiger partial charge in [0, 0.05) is 12.1 Å². The third kappa shape index (κ3) is 2.59. The summed E-state index contributed by atoms with van der Waals surface area (Å²) >= 11 is 0. The number of nitrogens with zero attached hydrogens (tertiary/aromatic N) is 1. The first-order chi connectivity index (χ1) is 5.79. The number of hydrogen-bond donors (Lipinski definition) is 1. The van der Waals surface area contributed by atoms with Gasteiger partial charge in [-0.2, -0.15) is 0 Å². The molecule has 78 valence electrons. The van der Waals surface area contributed by atoms with Crippen molar-refractivity contribution in [1.82, 2.24) is 4.98 Å². The van der Waals surface area contributed by atoms with E-state index in [0.717, 1.165) is 18.5 Å². The number of nitrogens with two attached hydrogens (primary N) is 1. The largest absolute Gasteiger partial charge is 0.366 e. The van der Waals surface area contributed by atoms with Gasteiger partial charge in [-0.25, -0.2) is 0 Å². The maximum absolute atomic E-state index is 10.9. The number of primary amides is 1. The number of amides is 1. The fourth-order valence-electron chi connectivity index (χ4n) is 1.31. The van der Waals surface area contributed by atoms with E-state index in [1.54, 1.807) is 18.3 Å². The fourth-order valence-corrected chi connectivity index (χ4v) is 1.31. The van der Waals surface area contributed by atoms with E-state index in [9.17, 15) is 4.79 Å². The molecule has 1 fully saturated rings. The molecule has 0 aliphatic heterocycles. The molecule has 14 heavy (non-hydrogen) atoms. The van der Waals surface area contributed by atoms with Crippen molar-refractivity contribution in [3.05, 3.63) is 29.6 Å². The van der Waals surface area contributed by atoms with Crippen LogP contribution in [0.1, 0.15) is 34.8 Å². The van der Waals surface area contributed by atoms with E-state index in [2.05, 4.69) is 4.98 Å². The summed E-state index contributed by atoms with van der Waals surface area (Å²) in [6, 6.07) is 3.48. The summed E-state index contributed by atoms with van der Waals surface area (Å²) in [5.41, 5.74) is 6.66. The Labute approximate surface area is 94.9 Å². The zero-order valence-corrected chi connectivity index (χ0v) is 9.11. The second kappa shape index (κ2) is 5.17. The Morgan fingerprint density at radius 1 is 1.43 bits per heavy atom. The van der Waals surface area contributed by atoms with E-state index < -0.39 is 0 Å². The number of hydrogen-bond acceptors (Lipinski definition) is 2. The molecule has 0 bridgehead atoms. The van der Waals surface area contributed by atoms with Crippen LogP contribution in [0.25, 0.3) is 0 Å². The standard InChI is InChI=1S/C9H10N2O.2ClH/c10-9(12)7-2-1-5-11-8(7)6-3-4-6;;/h1-2,5-6H,3-4H2,(H2,10,12);2*1H. The average Bonchev–Trinajstić information content (AvgIpc) is 2.87. The van der Waals surface area contributed by atoms with E-state index in [1.807, 2.05) is 0 Å². The molecule has 3 nitrogen and oxygen atoms in total. The van der Waals surface area contributed by atoms with Gasteiger partial charge in [0.1, 0.15) is 0 Å². The van der Waals surface area contributed by atoms with Crippen LogP contribution in [-0.4, -0.2) is 10.9 Å². The number of pyridine rings is 1. The summed E-state index contributed by atoms with van der Waals surface area (Å²) in [6.45, 7) is 0. The van der Waals surface area contributed by atoms with Crippen LogP contribution in [0.2, 0.25) is 0 Å². The highest BCUT2D eigenvalue weighted by Crippen LogP contribution is 2.40. The Hall–Kier alpha value is -0.800. The smallest absolute Gasteiger partial charge is 0.250 e. The minimum atomic E-state index is -0.370. The second-order valence-electron chi connectivity index (χ2n) is 3.07.